The fourth-order valence-corrected chi connectivity index (χ4v) is 3.05. The molecule has 0 aliphatic carbocycles. The van der Waals surface area contributed by atoms with Gasteiger partial charge in [-0.05, 0) is 43.5 Å². The van der Waals surface area contributed by atoms with Crippen LogP contribution in [0.5, 0.6) is 0 Å². The molecule has 0 aliphatic heterocycles. The van der Waals surface area contributed by atoms with Gasteiger partial charge in [0.05, 0.1) is 0 Å². The van der Waals surface area contributed by atoms with Gasteiger partial charge in [0.2, 0.25) is 0 Å². The Balaban J connectivity index is 2.74. The van der Waals surface area contributed by atoms with Gasteiger partial charge in [0, 0.05) is 27.9 Å². The van der Waals surface area contributed by atoms with Crippen LogP contribution in [0.2, 0.25) is 0 Å². The smallest absolute Gasteiger partial charge is 0.251 e. The summed E-state index contributed by atoms with van der Waals surface area (Å²) >= 11 is 9.46. The molecule has 1 N–H and O–H groups in total. The predicted octanol–water partition coefficient (Wildman–Crippen LogP) is 4.53. The molecule has 0 bridgehead atoms. The molecule has 0 heterocycles. The number of alkyl halides is 1. The maximum Gasteiger partial charge on any atom is 0.251 e. The van der Waals surface area contributed by atoms with Gasteiger partial charge in [-0.1, -0.05) is 29.8 Å². The summed E-state index contributed by atoms with van der Waals surface area (Å²) in [5.41, 5.74) is 1.75. The average Bonchev–Trinajstić information content (AvgIpc) is 2.39. The van der Waals surface area contributed by atoms with Crippen molar-refractivity contribution in [1.82, 2.24) is 5.32 Å². The Morgan fingerprint density at radius 1 is 1.32 bits per heavy atom. The van der Waals surface area contributed by atoms with E-state index in [9.17, 15) is 4.79 Å². The molecule has 1 aromatic rings. The van der Waals surface area contributed by atoms with E-state index in [2.05, 4.69) is 35.1 Å². The van der Waals surface area contributed by atoms with Gasteiger partial charge in [-0.25, -0.2) is 0 Å². The fourth-order valence-electron chi connectivity index (χ4n) is 1.97. The second kappa shape index (κ2) is 7.30. The summed E-state index contributed by atoms with van der Waals surface area (Å²) in [6.45, 7) is 6.82. The Bertz CT molecular complexity index is 415. The van der Waals surface area contributed by atoms with Crippen LogP contribution in [0.1, 0.15) is 42.6 Å². The number of halogens is 2. The number of nitrogens with one attached hydrogen (secondary N) is 1. The monoisotopic (exact) mass is 345 g/mol. The number of hydrogen-bond donors (Lipinski definition) is 1. The number of carbonyl (C=O) groups is 1. The molecule has 0 aliphatic rings. The summed E-state index contributed by atoms with van der Waals surface area (Å²) in [7, 11) is 0. The Labute approximate surface area is 129 Å². The lowest BCUT2D eigenvalue weighted by Gasteiger charge is -2.29. The minimum Gasteiger partial charge on any atom is -0.351 e. The summed E-state index contributed by atoms with van der Waals surface area (Å²) < 4.78 is 0.923. The molecule has 1 rings (SSSR count). The lowest BCUT2D eigenvalue weighted by molar-refractivity contribution is 0.0931. The first-order chi connectivity index (χ1) is 8.96. The first kappa shape index (κ1) is 16.5. The van der Waals surface area contributed by atoms with Gasteiger partial charge in [0.15, 0.2) is 0 Å². The molecule has 0 fully saturated rings. The Kier molecular flexibility index (Phi) is 6.34. The predicted molar refractivity (Wildman–Crippen MR) is 84.9 cm³/mol. The van der Waals surface area contributed by atoms with E-state index < -0.39 is 0 Å². The molecule has 0 spiro atoms. The Morgan fingerprint density at radius 3 is 2.42 bits per heavy atom. The van der Waals surface area contributed by atoms with E-state index in [-0.39, 0.29) is 11.3 Å². The molecular weight excluding hydrogens is 326 g/mol. The normalized spacial score (nSPS) is 11.4. The molecular formula is C15H21BrClNO. The first-order valence-corrected chi connectivity index (χ1v) is 7.90. The summed E-state index contributed by atoms with van der Waals surface area (Å²) in [6, 6.07) is 5.71. The topological polar surface area (TPSA) is 29.1 Å². The number of hydrogen-bond acceptors (Lipinski definition) is 1. The number of benzene rings is 1. The highest BCUT2D eigenvalue weighted by molar-refractivity contribution is 9.10. The summed E-state index contributed by atoms with van der Waals surface area (Å²) in [5, 5.41) is 3.00. The Morgan fingerprint density at radius 2 is 1.95 bits per heavy atom. The molecule has 0 atom stereocenters. The molecule has 0 saturated carbocycles. The van der Waals surface area contributed by atoms with Crippen LogP contribution in [0.15, 0.2) is 22.7 Å². The highest BCUT2D eigenvalue weighted by Gasteiger charge is 2.25. The van der Waals surface area contributed by atoms with Crippen LogP contribution in [0, 0.1) is 12.3 Å². The molecule has 106 valence electrons. The standard InChI is InChI=1S/C15H21BrClNO/c1-4-15(5-2,9-17)10-18-14(19)12-6-11(3)7-13(16)8-12/h6-8H,4-5,9-10H2,1-3H3,(H,18,19). The number of aryl methyl sites for hydroxylation is 1. The molecule has 2 nitrogen and oxygen atoms in total. The number of amides is 1. The lowest BCUT2D eigenvalue weighted by Crippen LogP contribution is -2.38. The molecule has 4 heteroatoms. The minimum absolute atomic E-state index is 0.00171. The van der Waals surface area contributed by atoms with Gasteiger partial charge >= 0.3 is 0 Å². The van der Waals surface area contributed by atoms with Crippen LogP contribution in [0.4, 0.5) is 0 Å². The zero-order valence-electron chi connectivity index (χ0n) is 11.7. The zero-order chi connectivity index (χ0) is 14.5. The average molecular weight is 347 g/mol. The fraction of sp³-hybridized carbons (Fsp3) is 0.533. The van der Waals surface area contributed by atoms with Crippen molar-refractivity contribution in [1.29, 1.82) is 0 Å². The first-order valence-electron chi connectivity index (χ1n) is 6.57. The SMILES string of the molecule is CCC(CC)(CCl)CNC(=O)c1cc(C)cc(Br)c1. The second-order valence-corrected chi connectivity index (χ2v) is 6.22. The molecule has 0 aromatic heterocycles. The van der Waals surface area contributed by atoms with E-state index in [0.29, 0.717) is 18.0 Å². The van der Waals surface area contributed by atoms with E-state index in [4.69, 9.17) is 11.6 Å². The number of carbonyl (C=O) groups excluding carboxylic acids is 1. The van der Waals surface area contributed by atoms with Crippen molar-refractivity contribution in [2.75, 3.05) is 12.4 Å². The summed E-state index contributed by atoms with van der Waals surface area (Å²) in [6.07, 6.45) is 1.93. The van der Waals surface area contributed by atoms with Crippen LogP contribution in [0.3, 0.4) is 0 Å². The van der Waals surface area contributed by atoms with Crippen molar-refractivity contribution < 1.29 is 4.79 Å². The molecule has 0 unspecified atom stereocenters. The molecule has 1 amide bonds. The van der Waals surface area contributed by atoms with Crippen molar-refractivity contribution in [3.8, 4) is 0 Å². The molecule has 1 aromatic carbocycles. The lowest BCUT2D eigenvalue weighted by atomic mass is 9.84. The largest absolute Gasteiger partial charge is 0.351 e. The maximum atomic E-state index is 12.2. The van der Waals surface area contributed by atoms with Crippen molar-refractivity contribution >= 4 is 33.4 Å². The van der Waals surface area contributed by atoms with Crippen molar-refractivity contribution in [3.63, 3.8) is 0 Å². The highest BCUT2D eigenvalue weighted by Crippen LogP contribution is 2.27. The van der Waals surface area contributed by atoms with E-state index in [0.717, 1.165) is 22.9 Å². The van der Waals surface area contributed by atoms with Gasteiger partial charge < -0.3 is 5.32 Å². The van der Waals surface area contributed by atoms with E-state index in [1.807, 2.05) is 25.1 Å². The van der Waals surface area contributed by atoms with Gasteiger partial charge in [0.1, 0.15) is 0 Å². The summed E-state index contributed by atoms with van der Waals surface area (Å²) in [5.74, 6) is 0.526. The maximum absolute atomic E-state index is 12.2. The molecule has 19 heavy (non-hydrogen) atoms. The molecule has 0 radical (unpaired) electrons. The van der Waals surface area contributed by atoms with Crippen LogP contribution in [-0.4, -0.2) is 18.3 Å². The van der Waals surface area contributed by atoms with Gasteiger partial charge in [-0.15, -0.1) is 11.6 Å². The van der Waals surface area contributed by atoms with Crippen LogP contribution in [0.25, 0.3) is 0 Å². The highest BCUT2D eigenvalue weighted by atomic mass is 79.9. The van der Waals surface area contributed by atoms with Gasteiger partial charge in [0.25, 0.3) is 5.91 Å². The van der Waals surface area contributed by atoms with Crippen molar-refractivity contribution in [2.24, 2.45) is 5.41 Å². The van der Waals surface area contributed by atoms with Crippen LogP contribution >= 0.6 is 27.5 Å². The number of rotatable bonds is 6. The third-order valence-electron chi connectivity index (χ3n) is 3.71. The van der Waals surface area contributed by atoms with Gasteiger partial charge in [-0.2, -0.15) is 0 Å². The van der Waals surface area contributed by atoms with Crippen molar-refractivity contribution in [3.05, 3.63) is 33.8 Å². The van der Waals surface area contributed by atoms with Crippen LogP contribution < -0.4 is 5.32 Å². The minimum atomic E-state index is -0.0409. The molecule has 0 saturated heterocycles. The zero-order valence-corrected chi connectivity index (χ0v) is 14.1. The van der Waals surface area contributed by atoms with Crippen LogP contribution in [-0.2, 0) is 0 Å². The third-order valence-corrected chi connectivity index (χ3v) is 4.74. The van der Waals surface area contributed by atoms with Gasteiger partial charge in [-0.3, -0.25) is 4.79 Å². The second-order valence-electron chi connectivity index (χ2n) is 5.04. The third kappa shape index (κ3) is 4.50. The van der Waals surface area contributed by atoms with E-state index in [1.165, 1.54) is 0 Å². The summed E-state index contributed by atoms with van der Waals surface area (Å²) in [4.78, 5) is 12.2. The van der Waals surface area contributed by atoms with E-state index >= 15 is 0 Å². The van der Waals surface area contributed by atoms with Crippen molar-refractivity contribution in [2.45, 2.75) is 33.6 Å². The quantitative estimate of drug-likeness (QED) is 0.753. The Hall–Kier alpha value is -0.540. The van der Waals surface area contributed by atoms with E-state index in [1.54, 1.807) is 0 Å².